The Morgan fingerprint density at radius 3 is 2.80 bits per heavy atom. The number of H-pyrrole nitrogens is 1. The average Bonchev–Trinajstić information content (AvgIpc) is 2.56. The Kier molecular flexibility index (Phi) is 4.73. The number of imidazole rings is 1. The lowest BCUT2D eigenvalue weighted by atomic mass is 10.1. The minimum Gasteiger partial charge on any atom is -0.337 e. The lowest BCUT2D eigenvalue weighted by Gasteiger charge is -2.10. The maximum atomic E-state index is 11.4. The van der Waals surface area contributed by atoms with Crippen molar-refractivity contribution >= 4 is 23.0 Å². The van der Waals surface area contributed by atoms with Gasteiger partial charge in [0.2, 0.25) is 0 Å². The topological polar surface area (TPSA) is 37.8 Å². The van der Waals surface area contributed by atoms with Gasteiger partial charge < -0.3 is 9.55 Å². The molecule has 0 aliphatic heterocycles. The van der Waals surface area contributed by atoms with E-state index in [9.17, 15) is 4.21 Å². The van der Waals surface area contributed by atoms with Gasteiger partial charge in [0.1, 0.15) is 0 Å². The van der Waals surface area contributed by atoms with E-state index in [1.165, 1.54) is 5.69 Å². The van der Waals surface area contributed by atoms with Crippen LogP contribution in [0, 0.1) is 4.77 Å². The van der Waals surface area contributed by atoms with Gasteiger partial charge in [0, 0.05) is 40.7 Å². The molecule has 1 heterocycles. The van der Waals surface area contributed by atoms with Crippen molar-refractivity contribution in [3.05, 3.63) is 16.7 Å². The first-order chi connectivity index (χ1) is 7.06. The summed E-state index contributed by atoms with van der Waals surface area (Å²) in [7, 11) is -0.722. The normalized spacial score (nSPS) is 13.3. The lowest BCUT2D eigenvalue weighted by Crippen LogP contribution is -2.12. The molecule has 0 saturated carbocycles. The fraction of sp³-hybridized carbons (Fsp3) is 0.700. The van der Waals surface area contributed by atoms with E-state index in [0.717, 1.165) is 17.1 Å². The van der Waals surface area contributed by atoms with Crippen molar-refractivity contribution in [1.82, 2.24) is 9.55 Å². The summed E-state index contributed by atoms with van der Waals surface area (Å²) in [5.74, 6) is 1.84. The molecule has 0 aliphatic carbocycles. The van der Waals surface area contributed by atoms with Gasteiger partial charge in [0.15, 0.2) is 4.77 Å². The molecular formula is C10H18N2OS2. The van der Waals surface area contributed by atoms with Crippen LogP contribution in [-0.2, 0) is 17.3 Å². The van der Waals surface area contributed by atoms with Gasteiger partial charge in [-0.3, -0.25) is 4.21 Å². The highest BCUT2D eigenvalue weighted by Gasteiger charge is 2.08. The summed E-state index contributed by atoms with van der Waals surface area (Å²) in [6.45, 7) is 6.95. The van der Waals surface area contributed by atoms with E-state index in [1.54, 1.807) is 0 Å². The van der Waals surface area contributed by atoms with E-state index >= 15 is 0 Å². The number of rotatable bonds is 5. The van der Waals surface area contributed by atoms with Crippen molar-refractivity contribution < 1.29 is 4.21 Å². The summed E-state index contributed by atoms with van der Waals surface area (Å²) in [5.41, 5.74) is 1.19. The fourth-order valence-electron chi connectivity index (χ4n) is 1.46. The smallest absolute Gasteiger partial charge is 0.177 e. The summed E-state index contributed by atoms with van der Waals surface area (Å²) in [5, 5.41) is 0. The van der Waals surface area contributed by atoms with Crippen LogP contribution >= 0.6 is 12.2 Å². The monoisotopic (exact) mass is 246 g/mol. The first kappa shape index (κ1) is 12.6. The maximum Gasteiger partial charge on any atom is 0.177 e. The zero-order chi connectivity index (χ0) is 11.4. The van der Waals surface area contributed by atoms with Gasteiger partial charge in [-0.25, -0.2) is 0 Å². The molecule has 0 radical (unpaired) electrons. The van der Waals surface area contributed by atoms with Crippen LogP contribution in [0.2, 0.25) is 0 Å². The van der Waals surface area contributed by atoms with Crippen molar-refractivity contribution in [2.45, 2.75) is 33.2 Å². The second kappa shape index (κ2) is 5.61. The van der Waals surface area contributed by atoms with Crippen LogP contribution < -0.4 is 0 Å². The molecule has 1 aromatic heterocycles. The van der Waals surface area contributed by atoms with Crippen molar-refractivity contribution in [3.8, 4) is 0 Å². The van der Waals surface area contributed by atoms with Crippen LogP contribution in [0.15, 0.2) is 6.20 Å². The number of nitrogens with zero attached hydrogens (tertiary/aromatic N) is 1. The molecule has 0 aliphatic rings. The Bertz CT molecular complexity index is 392. The highest BCUT2D eigenvalue weighted by Crippen LogP contribution is 2.14. The van der Waals surface area contributed by atoms with Crippen molar-refractivity contribution in [2.24, 2.45) is 0 Å². The van der Waals surface area contributed by atoms with Crippen LogP contribution in [0.4, 0.5) is 0 Å². The van der Waals surface area contributed by atoms with Gasteiger partial charge in [0.05, 0.1) is 0 Å². The molecule has 15 heavy (non-hydrogen) atoms. The van der Waals surface area contributed by atoms with E-state index in [0.29, 0.717) is 11.7 Å². The molecule has 1 N–H and O–H groups in total. The van der Waals surface area contributed by atoms with Crippen LogP contribution in [0.25, 0.3) is 0 Å². The fourth-order valence-corrected chi connectivity index (χ4v) is 2.39. The molecule has 1 atom stereocenters. The molecule has 0 amide bonds. The molecule has 1 unspecified atom stereocenters. The Labute approximate surface area is 98.4 Å². The molecule has 1 aromatic rings. The summed E-state index contributed by atoms with van der Waals surface area (Å²) >= 11 is 5.19. The molecule has 1 rings (SSSR count). The van der Waals surface area contributed by atoms with E-state index in [-0.39, 0.29) is 0 Å². The molecule has 0 spiro atoms. The molecule has 0 saturated heterocycles. The first-order valence-corrected chi connectivity index (χ1v) is 7.09. The third-order valence-electron chi connectivity index (χ3n) is 2.36. The van der Waals surface area contributed by atoms with Gasteiger partial charge in [-0.2, -0.15) is 0 Å². The Morgan fingerprint density at radius 2 is 2.27 bits per heavy atom. The number of aromatic amines is 1. The van der Waals surface area contributed by atoms with Crippen LogP contribution in [0.5, 0.6) is 0 Å². The predicted octanol–water partition coefficient (Wildman–Crippen LogP) is 2.44. The van der Waals surface area contributed by atoms with Gasteiger partial charge in [-0.05, 0) is 18.1 Å². The van der Waals surface area contributed by atoms with E-state index in [2.05, 4.69) is 18.8 Å². The summed E-state index contributed by atoms with van der Waals surface area (Å²) in [4.78, 5) is 3.04. The quantitative estimate of drug-likeness (QED) is 0.810. The molecule has 0 aromatic carbocycles. The molecule has 5 heteroatoms. The first-order valence-electron chi connectivity index (χ1n) is 5.19. The lowest BCUT2D eigenvalue weighted by molar-refractivity contribution is 0.650. The largest absolute Gasteiger partial charge is 0.337 e. The molecule has 3 nitrogen and oxygen atoms in total. The predicted molar refractivity (Wildman–Crippen MR) is 67.3 cm³/mol. The van der Waals surface area contributed by atoms with Gasteiger partial charge in [-0.1, -0.05) is 20.8 Å². The van der Waals surface area contributed by atoms with Gasteiger partial charge >= 0.3 is 0 Å². The average molecular weight is 246 g/mol. The third kappa shape index (κ3) is 3.28. The van der Waals surface area contributed by atoms with Crippen molar-refractivity contribution in [2.75, 3.05) is 11.5 Å². The van der Waals surface area contributed by atoms with Crippen LogP contribution in [-0.4, -0.2) is 25.3 Å². The SMILES string of the molecule is CCS(=O)CCn1c(C(C)C)c[nH]c1=S. The minimum atomic E-state index is -0.722. The molecular weight excluding hydrogens is 228 g/mol. The number of hydrogen-bond donors (Lipinski definition) is 1. The Morgan fingerprint density at radius 1 is 1.60 bits per heavy atom. The van der Waals surface area contributed by atoms with E-state index in [1.807, 2.05) is 17.7 Å². The summed E-state index contributed by atoms with van der Waals surface area (Å²) in [6, 6.07) is 0. The summed E-state index contributed by atoms with van der Waals surface area (Å²) < 4.78 is 14.1. The summed E-state index contributed by atoms with van der Waals surface area (Å²) in [6.07, 6.45) is 1.95. The van der Waals surface area contributed by atoms with Gasteiger partial charge in [0.25, 0.3) is 0 Å². The van der Waals surface area contributed by atoms with E-state index in [4.69, 9.17) is 12.2 Å². The van der Waals surface area contributed by atoms with Crippen molar-refractivity contribution in [3.63, 3.8) is 0 Å². The van der Waals surface area contributed by atoms with E-state index < -0.39 is 10.8 Å². The maximum absolute atomic E-state index is 11.4. The number of nitrogens with one attached hydrogen (secondary N) is 1. The van der Waals surface area contributed by atoms with Crippen LogP contribution in [0.3, 0.4) is 0 Å². The highest BCUT2D eigenvalue weighted by atomic mass is 32.2. The number of aromatic nitrogens is 2. The Balaban J connectivity index is 2.79. The molecule has 0 bridgehead atoms. The molecule has 0 fully saturated rings. The second-order valence-electron chi connectivity index (χ2n) is 3.76. The Hall–Kier alpha value is -0.420. The van der Waals surface area contributed by atoms with Crippen molar-refractivity contribution in [1.29, 1.82) is 0 Å². The van der Waals surface area contributed by atoms with Crippen LogP contribution in [0.1, 0.15) is 32.4 Å². The highest BCUT2D eigenvalue weighted by molar-refractivity contribution is 7.84. The standard InChI is InChI=1S/C10H18N2OS2/c1-4-15(13)6-5-12-9(8(2)3)7-11-10(12)14/h7-8H,4-6H2,1-3H3,(H,11,14). The number of hydrogen-bond acceptors (Lipinski definition) is 2. The van der Waals surface area contributed by atoms with Gasteiger partial charge in [-0.15, -0.1) is 0 Å². The second-order valence-corrected chi connectivity index (χ2v) is 6.01. The zero-order valence-electron chi connectivity index (χ0n) is 9.45. The minimum absolute atomic E-state index is 0.438. The zero-order valence-corrected chi connectivity index (χ0v) is 11.1. The molecule has 86 valence electrons. The third-order valence-corrected chi connectivity index (χ3v) is 3.98.